The molecule has 0 atom stereocenters. The minimum atomic E-state index is 1.24. The highest BCUT2D eigenvalue weighted by atomic mass is 32.1. The van der Waals surface area contributed by atoms with Gasteiger partial charge in [0.05, 0.1) is 0 Å². The van der Waals surface area contributed by atoms with Crippen LogP contribution in [0.5, 0.6) is 0 Å². The van der Waals surface area contributed by atoms with Gasteiger partial charge in [-0.2, -0.15) is 0 Å². The zero-order valence-electron chi connectivity index (χ0n) is 31.3. The Labute approximate surface area is 312 Å². The van der Waals surface area contributed by atoms with Crippen molar-refractivity contribution < 1.29 is 0 Å². The Balaban J connectivity index is 1.18. The van der Waals surface area contributed by atoms with Crippen LogP contribution in [0.15, 0.2) is 24.3 Å². The number of rotatable bonds is 28. The van der Waals surface area contributed by atoms with Gasteiger partial charge >= 0.3 is 0 Å². The van der Waals surface area contributed by atoms with Gasteiger partial charge in [-0.15, -0.1) is 45.3 Å². The minimum Gasteiger partial charge on any atom is -0.139 e. The second-order valence-electron chi connectivity index (χ2n) is 14.7. The zero-order valence-corrected chi connectivity index (χ0v) is 34.6. The van der Waals surface area contributed by atoms with Crippen molar-refractivity contribution in [2.45, 2.75) is 195 Å². The molecule has 4 aromatic rings. The molecule has 0 saturated carbocycles. The summed E-state index contributed by atoms with van der Waals surface area (Å²) in [5.41, 5.74) is 3.19. The molecule has 0 spiro atoms. The summed E-state index contributed by atoms with van der Waals surface area (Å²) in [6, 6.07) is 9.98. The van der Waals surface area contributed by atoms with Crippen molar-refractivity contribution in [1.82, 2.24) is 0 Å². The van der Waals surface area contributed by atoms with Crippen LogP contribution < -0.4 is 0 Å². The molecule has 0 fully saturated rings. The molecule has 0 aliphatic rings. The molecule has 0 bridgehead atoms. The highest BCUT2D eigenvalue weighted by Gasteiger charge is 2.17. The largest absolute Gasteiger partial charge is 0.139 e. The number of thiophene rings is 4. The van der Waals surface area contributed by atoms with Gasteiger partial charge in [0.2, 0.25) is 0 Å². The van der Waals surface area contributed by atoms with E-state index in [1.807, 2.05) is 45.3 Å². The second kappa shape index (κ2) is 23.5. The summed E-state index contributed by atoms with van der Waals surface area (Å²) in [5, 5.41) is 0. The van der Waals surface area contributed by atoms with Gasteiger partial charge in [-0.25, -0.2) is 0 Å². The number of hydrogen-bond acceptors (Lipinski definition) is 4. The molecule has 0 N–H and O–H groups in total. The first-order valence-electron chi connectivity index (χ1n) is 20.3. The molecular weight excluding hydrogens is 657 g/mol. The minimum absolute atomic E-state index is 1.24. The first-order valence-corrected chi connectivity index (χ1v) is 23.6. The highest BCUT2D eigenvalue weighted by Crippen LogP contribution is 2.47. The van der Waals surface area contributed by atoms with Crippen LogP contribution in [-0.2, 0) is 12.8 Å². The molecule has 0 saturated heterocycles. The summed E-state index contributed by atoms with van der Waals surface area (Å²) in [4.78, 5) is 9.01. The van der Waals surface area contributed by atoms with E-state index in [1.54, 1.807) is 20.9 Å². The van der Waals surface area contributed by atoms with Gasteiger partial charge in [-0.1, -0.05) is 155 Å². The summed E-state index contributed by atoms with van der Waals surface area (Å²) in [6.45, 7) is 9.21. The third kappa shape index (κ3) is 14.0. The smallest absolute Gasteiger partial charge is 0.0478 e. The quantitative estimate of drug-likeness (QED) is 0.0512. The van der Waals surface area contributed by atoms with E-state index < -0.39 is 0 Å². The molecule has 0 nitrogen and oxygen atoms in total. The van der Waals surface area contributed by atoms with Crippen molar-refractivity contribution in [3.05, 3.63) is 45.1 Å². The number of aryl methyl sites for hydroxylation is 4. The van der Waals surface area contributed by atoms with Crippen molar-refractivity contribution >= 4 is 54.7 Å². The van der Waals surface area contributed by atoms with E-state index in [9.17, 15) is 0 Å². The van der Waals surface area contributed by atoms with Crippen molar-refractivity contribution in [3.63, 3.8) is 0 Å². The molecule has 4 rings (SSSR count). The van der Waals surface area contributed by atoms with Crippen LogP contribution in [0.2, 0.25) is 0 Å². The lowest BCUT2D eigenvalue weighted by molar-refractivity contribution is 0.544. The Hall–Kier alpha value is -0.940. The summed E-state index contributed by atoms with van der Waals surface area (Å²) in [5.74, 6) is 0. The van der Waals surface area contributed by atoms with E-state index in [2.05, 4.69) is 52.0 Å². The van der Waals surface area contributed by atoms with Crippen LogP contribution >= 0.6 is 45.3 Å². The fourth-order valence-corrected chi connectivity index (χ4v) is 12.1. The van der Waals surface area contributed by atoms with Gasteiger partial charge < -0.3 is 0 Å². The van der Waals surface area contributed by atoms with Gasteiger partial charge in [-0.05, 0) is 74.9 Å². The number of hydrogen-bond donors (Lipinski definition) is 0. The number of unbranched alkanes of at least 4 members (excludes halogenated alkanes) is 22. The molecule has 48 heavy (non-hydrogen) atoms. The molecule has 4 heteroatoms. The van der Waals surface area contributed by atoms with Crippen LogP contribution in [0.3, 0.4) is 0 Å². The van der Waals surface area contributed by atoms with Crippen LogP contribution in [0.1, 0.15) is 189 Å². The third-order valence-corrected chi connectivity index (χ3v) is 15.0. The molecule has 0 aliphatic carbocycles. The lowest BCUT2D eigenvalue weighted by Gasteiger charge is -2.04. The van der Waals surface area contributed by atoms with Crippen LogP contribution in [-0.4, -0.2) is 0 Å². The Kier molecular flexibility index (Phi) is 19.5. The van der Waals surface area contributed by atoms with E-state index in [0.29, 0.717) is 0 Å². The molecular formula is C44H68S4. The Bertz CT molecular complexity index is 1260. The Morgan fingerprint density at radius 2 is 0.646 bits per heavy atom. The summed E-state index contributed by atoms with van der Waals surface area (Å²) >= 11 is 8.09. The standard InChI is InChI=1S/C44H68S4/c1-5-7-9-11-13-15-17-19-21-23-25-27-29-37-31-35(3)45-43(37)41-33-39-40(47-41)34-42(48-39)44-38(32-36(4)46-44)30-28-26-24-22-20-18-16-14-12-10-8-6-2/h31-34H,5-30H2,1-4H3. The monoisotopic (exact) mass is 724 g/mol. The maximum absolute atomic E-state index is 2.51. The topological polar surface area (TPSA) is 0 Å². The predicted molar refractivity (Wildman–Crippen MR) is 225 cm³/mol. The van der Waals surface area contributed by atoms with Crippen molar-refractivity contribution in [2.24, 2.45) is 0 Å². The Morgan fingerprint density at radius 1 is 0.354 bits per heavy atom. The lowest BCUT2D eigenvalue weighted by atomic mass is 10.0. The lowest BCUT2D eigenvalue weighted by Crippen LogP contribution is -1.87. The predicted octanol–water partition coefficient (Wildman–Crippen LogP) is 17.5. The van der Waals surface area contributed by atoms with Crippen LogP contribution in [0.25, 0.3) is 28.9 Å². The molecule has 4 aromatic heterocycles. The summed E-state index contributed by atoms with van der Waals surface area (Å²) in [6.07, 6.45) is 36.6. The van der Waals surface area contributed by atoms with E-state index in [4.69, 9.17) is 0 Å². The second-order valence-corrected chi connectivity index (χ2v) is 19.3. The van der Waals surface area contributed by atoms with E-state index in [1.165, 1.54) is 196 Å². The maximum atomic E-state index is 2.51. The van der Waals surface area contributed by atoms with E-state index in [0.717, 1.165) is 0 Å². The van der Waals surface area contributed by atoms with Gasteiger partial charge in [0.15, 0.2) is 0 Å². The van der Waals surface area contributed by atoms with Crippen molar-refractivity contribution in [3.8, 4) is 19.5 Å². The fourth-order valence-electron chi connectivity index (χ4n) is 7.29. The molecule has 0 radical (unpaired) electrons. The van der Waals surface area contributed by atoms with Gasteiger partial charge in [0.25, 0.3) is 0 Å². The summed E-state index contributed by atoms with van der Waals surface area (Å²) in [7, 11) is 0. The maximum Gasteiger partial charge on any atom is 0.0478 e. The molecule has 0 aliphatic heterocycles. The van der Waals surface area contributed by atoms with Crippen LogP contribution in [0, 0.1) is 13.8 Å². The van der Waals surface area contributed by atoms with Gasteiger partial charge in [0.1, 0.15) is 0 Å². The first-order chi connectivity index (χ1) is 23.6. The summed E-state index contributed by atoms with van der Waals surface area (Å²) < 4.78 is 2.96. The molecule has 268 valence electrons. The average Bonchev–Trinajstić information content (AvgIpc) is 3.84. The number of fused-ring (bicyclic) bond motifs is 1. The van der Waals surface area contributed by atoms with E-state index >= 15 is 0 Å². The zero-order chi connectivity index (χ0) is 33.8. The molecule has 4 heterocycles. The molecule has 0 aromatic carbocycles. The van der Waals surface area contributed by atoms with Crippen LogP contribution in [0.4, 0.5) is 0 Å². The highest BCUT2D eigenvalue weighted by molar-refractivity contribution is 7.33. The first kappa shape index (κ1) is 39.8. The molecule has 0 unspecified atom stereocenters. The molecule has 0 amide bonds. The van der Waals surface area contributed by atoms with Crippen molar-refractivity contribution in [1.29, 1.82) is 0 Å². The van der Waals surface area contributed by atoms with Gasteiger partial charge in [0, 0.05) is 38.7 Å². The Morgan fingerprint density at radius 3 is 0.958 bits per heavy atom. The third-order valence-electron chi connectivity index (χ3n) is 10.1. The van der Waals surface area contributed by atoms with Crippen molar-refractivity contribution in [2.75, 3.05) is 0 Å². The van der Waals surface area contributed by atoms with E-state index in [-0.39, 0.29) is 0 Å². The average molecular weight is 725 g/mol. The fraction of sp³-hybridized carbons (Fsp3) is 0.682. The van der Waals surface area contributed by atoms with Gasteiger partial charge in [-0.3, -0.25) is 0 Å². The SMILES string of the molecule is CCCCCCCCCCCCCCc1cc(C)sc1-c1cc2sc(-c3sc(C)cc3CCCCCCCCCCCCCC)cc2s1. The normalized spacial score (nSPS) is 11.8.